The molecule has 1 unspecified atom stereocenters. The van der Waals surface area contributed by atoms with Crippen molar-refractivity contribution >= 4 is 11.9 Å². The van der Waals surface area contributed by atoms with Gasteiger partial charge in [0.25, 0.3) is 0 Å². The number of aryl methyl sites for hydroxylation is 2. The van der Waals surface area contributed by atoms with Gasteiger partial charge < -0.3 is 0 Å². The molecule has 0 aliphatic rings. The van der Waals surface area contributed by atoms with Crippen molar-refractivity contribution in [3.63, 3.8) is 0 Å². The predicted octanol–water partition coefficient (Wildman–Crippen LogP) is 1.37. The molecule has 1 amide bonds. The number of carbonyl (C=O) groups excluding carboxylic acids is 1. The highest BCUT2D eigenvalue weighted by molar-refractivity contribution is 5.95. The molecular formula is C11H15N5O. The maximum Gasteiger partial charge on any atom is 0.249 e. The third kappa shape index (κ3) is 2.75. The van der Waals surface area contributed by atoms with Crippen LogP contribution in [0.5, 0.6) is 0 Å². The SMILES string of the molecule is CCC(C)(C#N)C(=O)Nc1nnc(C)c(C)n1. The lowest BCUT2D eigenvalue weighted by atomic mass is 9.88. The van der Waals surface area contributed by atoms with Crippen LogP contribution in [0.3, 0.4) is 0 Å². The van der Waals surface area contributed by atoms with E-state index < -0.39 is 11.3 Å². The summed E-state index contributed by atoms with van der Waals surface area (Å²) in [5.74, 6) is -0.277. The van der Waals surface area contributed by atoms with Gasteiger partial charge in [0.1, 0.15) is 5.41 Å². The summed E-state index contributed by atoms with van der Waals surface area (Å²) in [6, 6.07) is 1.99. The number of nitrogens with one attached hydrogen (secondary N) is 1. The van der Waals surface area contributed by atoms with Crippen LogP contribution in [0.2, 0.25) is 0 Å². The fourth-order valence-corrected chi connectivity index (χ4v) is 1.04. The van der Waals surface area contributed by atoms with Crippen LogP contribution in [0.25, 0.3) is 0 Å². The van der Waals surface area contributed by atoms with E-state index >= 15 is 0 Å². The minimum Gasteiger partial charge on any atom is -0.292 e. The van der Waals surface area contributed by atoms with Crippen molar-refractivity contribution in [2.75, 3.05) is 5.32 Å². The average molecular weight is 233 g/mol. The molecule has 1 aromatic rings. The first-order valence-electron chi connectivity index (χ1n) is 5.33. The number of anilines is 1. The highest BCUT2D eigenvalue weighted by atomic mass is 16.2. The Morgan fingerprint density at radius 2 is 2.06 bits per heavy atom. The van der Waals surface area contributed by atoms with Gasteiger partial charge in [0.2, 0.25) is 11.9 Å². The average Bonchev–Trinajstić information content (AvgIpc) is 2.32. The van der Waals surface area contributed by atoms with Gasteiger partial charge in [-0.3, -0.25) is 10.1 Å². The second-order valence-corrected chi connectivity index (χ2v) is 4.06. The Labute approximate surface area is 100 Å². The van der Waals surface area contributed by atoms with Crippen LogP contribution in [0.15, 0.2) is 0 Å². The van der Waals surface area contributed by atoms with Gasteiger partial charge in [0.15, 0.2) is 0 Å². The molecule has 0 fully saturated rings. The summed E-state index contributed by atoms with van der Waals surface area (Å²) in [5.41, 5.74) is 0.342. The summed E-state index contributed by atoms with van der Waals surface area (Å²) in [5, 5.41) is 19.1. The molecule has 1 N–H and O–H groups in total. The van der Waals surface area contributed by atoms with E-state index in [1.165, 1.54) is 0 Å². The molecule has 0 saturated heterocycles. The Kier molecular flexibility index (Phi) is 3.73. The molecular weight excluding hydrogens is 218 g/mol. The summed E-state index contributed by atoms with van der Waals surface area (Å²) in [6.45, 7) is 6.93. The van der Waals surface area contributed by atoms with Crippen LogP contribution in [-0.4, -0.2) is 21.1 Å². The molecule has 0 spiro atoms. The van der Waals surface area contributed by atoms with Crippen molar-refractivity contribution in [3.8, 4) is 6.07 Å². The molecule has 0 saturated carbocycles. The van der Waals surface area contributed by atoms with E-state index in [-0.39, 0.29) is 5.95 Å². The first kappa shape index (κ1) is 13.0. The number of amides is 1. The normalized spacial score (nSPS) is 13.6. The van der Waals surface area contributed by atoms with Gasteiger partial charge in [0.05, 0.1) is 17.5 Å². The van der Waals surface area contributed by atoms with E-state index in [4.69, 9.17) is 5.26 Å². The second-order valence-electron chi connectivity index (χ2n) is 4.06. The van der Waals surface area contributed by atoms with Gasteiger partial charge >= 0.3 is 0 Å². The van der Waals surface area contributed by atoms with Crippen LogP contribution in [0.1, 0.15) is 31.7 Å². The lowest BCUT2D eigenvalue weighted by molar-refractivity contribution is -0.122. The van der Waals surface area contributed by atoms with Gasteiger partial charge in [0, 0.05) is 0 Å². The summed E-state index contributed by atoms with van der Waals surface area (Å²) in [6.07, 6.45) is 0.424. The summed E-state index contributed by atoms with van der Waals surface area (Å²) in [4.78, 5) is 15.9. The molecule has 1 heterocycles. The zero-order valence-electron chi connectivity index (χ0n) is 10.4. The fourth-order valence-electron chi connectivity index (χ4n) is 1.04. The van der Waals surface area contributed by atoms with Crippen molar-refractivity contribution in [2.24, 2.45) is 5.41 Å². The largest absolute Gasteiger partial charge is 0.292 e. The first-order chi connectivity index (χ1) is 7.92. The van der Waals surface area contributed by atoms with E-state index in [1.54, 1.807) is 27.7 Å². The molecule has 90 valence electrons. The third-order valence-electron chi connectivity index (χ3n) is 2.77. The molecule has 0 aliphatic heterocycles. The van der Waals surface area contributed by atoms with Crippen molar-refractivity contribution in [1.82, 2.24) is 15.2 Å². The predicted molar refractivity (Wildman–Crippen MR) is 61.9 cm³/mol. The molecule has 1 rings (SSSR count). The van der Waals surface area contributed by atoms with Crippen LogP contribution in [0, 0.1) is 30.6 Å². The number of nitriles is 1. The lowest BCUT2D eigenvalue weighted by Crippen LogP contribution is -2.32. The molecule has 6 nitrogen and oxygen atoms in total. The van der Waals surface area contributed by atoms with Crippen molar-refractivity contribution < 1.29 is 4.79 Å². The van der Waals surface area contributed by atoms with E-state index in [0.717, 1.165) is 0 Å². The first-order valence-corrected chi connectivity index (χ1v) is 5.33. The van der Waals surface area contributed by atoms with Crippen molar-refractivity contribution in [3.05, 3.63) is 11.4 Å². The Hall–Kier alpha value is -2.03. The van der Waals surface area contributed by atoms with Crippen LogP contribution < -0.4 is 5.32 Å². The maximum absolute atomic E-state index is 11.9. The minimum atomic E-state index is -1.07. The Morgan fingerprint density at radius 3 is 2.53 bits per heavy atom. The molecule has 6 heteroatoms. The zero-order chi connectivity index (χ0) is 13.1. The van der Waals surface area contributed by atoms with Gasteiger partial charge in [-0.25, -0.2) is 4.98 Å². The quantitative estimate of drug-likeness (QED) is 0.851. The topological polar surface area (TPSA) is 91.6 Å². The van der Waals surface area contributed by atoms with E-state index in [0.29, 0.717) is 17.8 Å². The van der Waals surface area contributed by atoms with Crippen LogP contribution in [-0.2, 0) is 4.79 Å². The Morgan fingerprint density at radius 1 is 1.41 bits per heavy atom. The van der Waals surface area contributed by atoms with Crippen LogP contribution in [0.4, 0.5) is 5.95 Å². The molecule has 17 heavy (non-hydrogen) atoms. The molecule has 0 radical (unpaired) electrons. The van der Waals surface area contributed by atoms with E-state index in [9.17, 15) is 4.79 Å². The smallest absolute Gasteiger partial charge is 0.249 e. The highest BCUT2D eigenvalue weighted by Gasteiger charge is 2.31. The van der Waals surface area contributed by atoms with Crippen LogP contribution >= 0.6 is 0 Å². The maximum atomic E-state index is 11.9. The molecule has 0 aliphatic carbocycles. The fraction of sp³-hybridized carbons (Fsp3) is 0.545. The number of rotatable bonds is 3. The molecule has 1 aromatic heterocycles. The van der Waals surface area contributed by atoms with Gasteiger partial charge in [-0.15, -0.1) is 5.10 Å². The molecule has 1 atom stereocenters. The lowest BCUT2D eigenvalue weighted by Gasteiger charge is -2.17. The minimum absolute atomic E-state index is 0.132. The molecule has 0 aromatic carbocycles. The summed E-state index contributed by atoms with van der Waals surface area (Å²) < 4.78 is 0. The summed E-state index contributed by atoms with van der Waals surface area (Å²) in [7, 11) is 0. The second kappa shape index (κ2) is 4.87. The third-order valence-corrected chi connectivity index (χ3v) is 2.77. The number of nitrogens with zero attached hydrogens (tertiary/aromatic N) is 4. The number of hydrogen-bond acceptors (Lipinski definition) is 5. The van der Waals surface area contributed by atoms with Gasteiger partial charge in [-0.2, -0.15) is 10.4 Å². The number of hydrogen-bond donors (Lipinski definition) is 1. The summed E-state index contributed by atoms with van der Waals surface area (Å²) >= 11 is 0. The van der Waals surface area contributed by atoms with E-state index in [1.807, 2.05) is 6.07 Å². The Balaban J connectivity index is 2.89. The van der Waals surface area contributed by atoms with Gasteiger partial charge in [-0.05, 0) is 27.2 Å². The molecule has 0 bridgehead atoms. The highest BCUT2D eigenvalue weighted by Crippen LogP contribution is 2.21. The number of aromatic nitrogens is 3. The van der Waals surface area contributed by atoms with Crippen molar-refractivity contribution in [2.45, 2.75) is 34.1 Å². The zero-order valence-corrected chi connectivity index (χ0v) is 10.4. The number of carbonyl (C=O) groups is 1. The Bertz CT molecular complexity index is 479. The van der Waals surface area contributed by atoms with E-state index in [2.05, 4.69) is 20.5 Å². The van der Waals surface area contributed by atoms with Crippen molar-refractivity contribution in [1.29, 1.82) is 5.26 Å². The monoisotopic (exact) mass is 233 g/mol. The van der Waals surface area contributed by atoms with Gasteiger partial charge in [-0.1, -0.05) is 6.92 Å². The standard InChI is InChI=1S/C11H15N5O/c1-5-11(4,6-12)9(17)14-10-13-7(2)8(3)15-16-10/h5H2,1-4H3,(H,13,14,16,17).